The van der Waals surface area contributed by atoms with Crippen molar-refractivity contribution in [3.63, 3.8) is 0 Å². The molecule has 37 heavy (non-hydrogen) atoms. The molecular formula is C29H38N2O5S. The summed E-state index contributed by atoms with van der Waals surface area (Å²) >= 11 is 1.77. The highest BCUT2D eigenvalue weighted by molar-refractivity contribution is 7.98. The van der Waals surface area contributed by atoms with Gasteiger partial charge in [-0.25, -0.2) is 0 Å². The normalized spacial score (nSPS) is 19.9. The van der Waals surface area contributed by atoms with E-state index in [9.17, 15) is 9.59 Å². The van der Waals surface area contributed by atoms with E-state index in [4.69, 9.17) is 14.6 Å². The van der Waals surface area contributed by atoms with Crippen LogP contribution in [0.2, 0.25) is 0 Å². The minimum Gasteiger partial charge on any atom is -0.493 e. The molecule has 3 unspecified atom stereocenters. The number of carbonyl (C=O) groups is 2. The molecule has 2 aromatic rings. The molecule has 1 amide bonds. The number of amides is 1. The van der Waals surface area contributed by atoms with Crippen LogP contribution in [-0.4, -0.2) is 54.3 Å². The zero-order valence-electron chi connectivity index (χ0n) is 21.7. The first-order valence-electron chi connectivity index (χ1n) is 13.2. The van der Waals surface area contributed by atoms with Crippen LogP contribution in [0.3, 0.4) is 0 Å². The zero-order valence-corrected chi connectivity index (χ0v) is 22.5. The third-order valence-corrected chi connectivity index (χ3v) is 7.98. The molecule has 3 atom stereocenters. The number of carbonyl (C=O) groups excluding carboxylic acids is 1. The van der Waals surface area contributed by atoms with Crippen molar-refractivity contribution in [2.75, 3.05) is 30.5 Å². The smallest absolute Gasteiger partial charge is 0.305 e. The van der Waals surface area contributed by atoms with Crippen LogP contribution < -0.4 is 20.1 Å². The summed E-state index contributed by atoms with van der Waals surface area (Å²) in [6, 6.07) is 13.7. The monoisotopic (exact) mass is 526 g/mol. The molecule has 1 aliphatic heterocycles. The summed E-state index contributed by atoms with van der Waals surface area (Å²) < 4.78 is 12.5. The number of nitrogens with one attached hydrogen (secondary N) is 2. The highest BCUT2D eigenvalue weighted by atomic mass is 32.2. The van der Waals surface area contributed by atoms with E-state index in [-0.39, 0.29) is 36.9 Å². The number of hydrogen-bond donors (Lipinski definition) is 3. The Morgan fingerprint density at radius 1 is 1.14 bits per heavy atom. The molecule has 0 aromatic heterocycles. The predicted molar refractivity (Wildman–Crippen MR) is 148 cm³/mol. The van der Waals surface area contributed by atoms with Crippen LogP contribution in [0.15, 0.2) is 42.5 Å². The SMILES string of the molecule is CSCCOc1ccc2c(c1)C(C)C(C(Nc1ccc(C(=O)NCCC(=O)O)cc1)C1CCCCC1)O2. The van der Waals surface area contributed by atoms with Gasteiger partial charge < -0.3 is 25.2 Å². The lowest BCUT2D eigenvalue weighted by Crippen LogP contribution is -2.44. The molecular weight excluding hydrogens is 488 g/mol. The summed E-state index contributed by atoms with van der Waals surface area (Å²) in [5.41, 5.74) is 2.66. The standard InChI is InChI=1S/C29H38N2O5S/c1-19-24-18-23(35-16-17-37-2)12-13-25(24)36-28(19)27(20-6-4-3-5-7-20)31-22-10-8-21(9-11-22)29(34)30-15-14-26(32)33/h8-13,18-20,27-28,31H,3-7,14-17H2,1-2H3,(H,30,34)(H,32,33). The Hall–Kier alpha value is -2.87. The van der Waals surface area contributed by atoms with Gasteiger partial charge in [-0.2, -0.15) is 11.8 Å². The topological polar surface area (TPSA) is 96.9 Å². The zero-order chi connectivity index (χ0) is 26.2. The van der Waals surface area contributed by atoms with Gasteiger partial charge in [-0.1, -0.05) is 26.2 Å². The molecule has 3 N–H and O–H groups in total. The quantitative estimate of drug-likeness (QED) is 0.312. The van der Waals surface area contributed by atoms with Crippen LogP contribution in [0.4, 0.5) is 5.69 Å². The van der Waals surface area contributed by atoms with Crippen molar-refractivity contribution < 1.29 is 24.2 Å². The highest BCUT2D eigenvalue weighted by Crippen LogP contribution is 2.44. The maximum Gasteiger partial charge on any atom is 0.305 e. The number of aliphatic carboxylic acids is 1. The highest BCUT2D eigenvalue weighted by Gasteiger charge is 2.41. The number of anilines is 1. The Balaban J connectivity index is 1.47. The minimum absolute atomic E-state index is 0.00135. The van der Waals surface area contributed by atoms with Gasteiger partial charge in [-0.05, 0) is 67.5 Å². The lowest BCUT2D eigenvalue weighted by Gasteiger charge is -2.36. The van der Waals surface area contributed by atoms with E-state index in [1.807, 2.05) is 24.3 Å². The number of carboxylic acid groups (broad SMARTS) is 1. The molecule has 2 aromatic carbocycles. The maximum atomic E-state index is 12.3. The Kier molecular flexibility index (Phi) is 9.61. The number of hydrogen-bond acceptors (Lipinski definition) is 6. The fraction of sp³-hybridized carbons (Fsp3) is 0.517. The Bertz CT molecular complexity index is 1050. The minimum atomic E-state index is -0.932. The number of fused-ring (bicyclic) bond motifs is 1. The molecule has 0 bridgehead atoms. The van der Waals surface area contributed by atoms with E-state index in [1.54, 1.807) is 23.9 Å². The molecule has 8 heteroatoms. The first kappa shape index (κ1) is 27.2. The predicted octanol–water partition coefficient (Wildman–Crippen LogP) is 5.56. The number of rotatable bonds is 12. The lowest BCUT2D eigenvalue weighted by molar-refractivity contribution is -0.136. The van der Waals surface area contributed by atoms with Crippen molar-refractivity contribution in [2.24, 2.45) is 5.92 Å². The molecule has 1 heterocycles. The lowest BCUT2D eigenvalue weighted by atomic mass is 9.78. The number of thioether (sulfide) groups is 1. The first-order valence-corrected chi connectivity index (χ1v) is 14.6. The second-order valence-electron chi connectivity index (χ2n) is 9.96. The first-order chi connectivity index (χ1) is 18.0. The fourth-order valence-electron chi connectivity index (χ4n) is 5.39. The fourth-order valence-corrected chi connectivity index (χ4v) is 5.64. The molecule has 1 fully saturated rings. The van der Waals surface area contributed by atoms with E-state index in [2.05, 4.69) is 29.9 Å². The molecule has 0 saturated heterocycles. The van der Waals surface area contributed by atoms with Gasteiger partial charge in [0.05, 0.1) is 19.1 Å². The molecule has 0 radical (unpaired) electrons. The van der Waals surface area contributed by atoms with Gasteiger partial charge in [-0.15, -0.1) is 0 Å². The summed E-state index contributed by atoms with van der Waals surface area (Å²) in [7, 11) is 0. The molecule has 2 aliphatic rings. The van der Waals surface area contributed by atoms with E-state index in [0.717, 1.165) is 22.9 Å². The van der Waals surface area contributed by atoms with E-state index >= 15 is 0 Å². The summed E-state index contributed by atoms with van der Waals surface area (Å²) in [4.78, 5) is 23.0. The van der Waals surface area contributed by atoms with Gasteiger partial charge >= 0.3 is 5.97 Å². The number of ether oxygens (including phenoxy) is 2. The van der Waals surface area contributed by atoms with Crippen molar-refractivity contribution in [2.45, 2.75) is 63.5 Å². The van der Waals surface area contributed by atoms with Crippen LogP contribution >= 0.6 is 11.8 Å². The van der Waals surface area contributed by atoms with Crippen molar-refractivity contribution in [3.05, 3.63) is 53.6 Å². The van der Waals surface area contributed by atoms with Gasteiger partial charge in [0, 0.05) is 35.0 Å². The average Bonchev–Trinajstić information content (AvgIpc) is 3.23. The summed E-state index contributed by atoms with van der Waals surface area (Å²) in [6.07, 6.45) is 8.09. The van der Waals surface area contributed by atoms with Gasteiger partial charge in [0.2, 0.25) is 0 Å². The third kappa shape index (κ3) is 7.12. The summed E-state index contributed by atoms with van der Waals surface area (Å²) in [6.45, 7) is 3.04. The van der Waals surface area contributed by atoms with Crippen LogP contribution in [0.1, 0.15) is 67.3 Å². The molecule has 0 spiro atoms. The second kappa shape index (κ2) is 13.1. The maximum absolute atomic E-state index is 12.3. The van der Waals surface area contributed by atoms with Crippen molar-refractivity contribution >= 4 is 29.3 Å². The largest absolute Gasteiger partial charge is 0.493 e. The average molecular weight is 527 g/mol. The molecule has 1 saturated carbocycles. The summed E-state index contributed by atoms with van der Waals surface area (Å²) in [5, 5.41) is 15.2. The van der Waals surface area contributed by atoms with Gasteiger partial charge in [0.1, 0.15) is 17.6 Å². The third-order valence-electron chi connectivity index (χ3n) is 7.40. The van der Waals surface area contributed by atoms with Crippen LogP contribution in [0, 0.1) is 5.92 Å². The molecule has 200 valence electrons. The van der Waals surface area contributed by atoms with Crippen LogP contribution in [-0.2, 0) is 4.79 Å². The van der Waals surface area contributed by atoms with Crippen LogP contribution in [0.25, 0.3) is 0 Å². The Morgan fingerprint density at radius 3 is 2.59 bits per heavy atom. The van der Waals surface area contributed by atoms with Crippen molar-refractivity contribution in [3.8, 4) is 11.5 Å². The Labute approximate surface area is 223 Å². The number of carboxylic acids is 1. The van der Waals surface area contributed by atoms with E-state index < -0.39 is 5.97 Å². The molecule has 7 nitrogen and oxygen atoms in total. The van der Waals surface area contributed by atoms with Crippen molar-refractivity contribution in [1.29, 1.82) is 0 Å². The van der Waals surface area contributed by atoms with Crippen LogP contribution in [0.5, 0.6) is 11.5 Å². The Morgan fingerprint density at radius 2 is 1.89 bits per heavy atom. The second-order valence-corrected chi connectivity index (χ2v) is 10.9. The number of benzene rings is 2. The van der Waals surface area contributed by atoms with Gasteiger partial charge in [0.25, 0.3) is 5.91 Å². The van der Waals surface area contributed by atoms with E-state index in [0.29, 0.717) is 18.1 Å². The van der Waals surface area contributed by atoms with Gasteiger partial charge in [0.15, 0.2) is 0 Å². The van der Waals surface area contributed by atoms with Crippen molar-refractivity contribution in [1.82, 2.24) is 5.32 Å². The van der Waals surface area contributed by atoms with Gasteiger partial charge in [-0.3, -0.25) is 9.59 Å². The molecule has 4 rings (SSSR count). The molecule has 1 aliphatic carbocycles. The van der Waals surface area contributed by atoms with E-state index in [1.165, 1.54) is 37.7 Å². The summed E-state index contributed by atoms with van der Waals surface area (Å²) in [5.74, 6) is 2.31.